The van der Waals surface area contributed by atoms with Crippen LogP contribution in [-0.4, -0.2) is 93.8 Å². The number of pyridine rings is 1. The number of anilines is 1. The van der Waals surface area contributed by atoms with E-state index >= 15 is 4.39 Å². The topological polar surface area (TPSA) is 94.9 Å². The van der Waals surface area contributed by atoms with Gasteiger partial charge in [0.2, 0.25) is 5.91 Å². The van der Waals surface area contributed by atoms with Gasteiger partial charge in [0.05, 0.1) is 22.6 Å². The van der Waals surface area contributed by atoms with Crippen molar-refractivity contribution in [3.05, 3.63) is 66.4 Å². The van der Waals surface area contributed by atoms with Crippen molar-refractivity contribution in [1.82, 2.24) is 24.8 Å². The summed E-state index contributed by atoms with van der Waals surface area (Å²) in [6.45, 7) is 7.28. The fourth-order valence-electron chi connectivity index (χ4n) is 7.05. The Balaban J connectivity index is 1.50. The number of hydrogen-bond donors (Lipinski definition) is 1. The number of hydrogen-bond acceptors (Lipinski definition) is 8. The Labute approximate surface area is 279 Å². The zero-order valence-corrected chi connectivity index (χ0v) is 27.5. The lowest BCUT2D eigenvalue weighted by Crippen LogP contribution is -2.55. The first-order valence-corrected chi connectivity index (χ1v) is 16.3. The number of carbonyl (C=O) groups excluding carboxylic acids is 1. The van der Waals surface area contributed by atoms with Crippen molar-refractivity contribution in [3.63, 3.8) is 0 Å². The third-order valence-electron chi connectivity index (χ3n) is 9.88. The van der Waals surface area contributed by atoms with Gasteiger partial charge in [-0.2, -0.15) is 9.97 Å². The Morgan fingerprint density at radius 3 is 2.79 bits per heavy atom. The molecule has 6 rings (SSSR count). The van der Waals surface area contributed by atoms with E-state index in [2.05, 4.69) is 34.4 Å². The minimum Gasteiger partial charge on any atom is -0.462 e. The van der Waals surface area contributed by atoms with Crippen molar-refractivity contribution in [3.8, 4) is 29.6 Å². The molecule has 48 heavy (non-hydrogen) atoms. The number of fused-ring (bicyclic) bond motifs is 2. The number of nitrogens with zero attached hydrogens (tertiary/aromatic N) is 6. The molecule has 250 valence electrons. The maximum absolute atomic E-state index is 16.9. The number of piperidine rings is 1. The summed E-state index contributed by atoms with van der Waals surface area (Å²) in [7, 11) is 3.68. The molecule has 3 atom stereocenters. The number of likely N-dealkylation sites (tertiary alicyclic amines) is 1. The van der Waals surface area contributed by atoms with Crippen LogP contribution >= 0.6 is 0 Å². The average Bonchev–Trinajstić information content (AvgIpc) is 3.24. The van der Waals surface area contributed by atoms with E-state index in [1.165, 1.54) is 23.2 Å². The number of halogens is 2. The van der Waals surface area contributed by atoms with E-state index in [1.807, 2.05) is 4.90 Å². The van der Waals surface area contributed by atoms with Crippen LogP contribution < -0.4 is 9.64 Å². The molecule has 9 nitrogen and oxygen atoms in total. The van der Waals surface area contributed by atoms with Crippen LogP contribution in [0.1, 0.15) is 44.6 Å². The van der Waals surface area contributed by atoms with Crippen LogP contribution in [0.2, 0.25) is 0 Å². The predicted molar refractivity (Wildman–Crippen MR) is 183 cm³/mol. The Kier molecular flexibility index (Phi) is 9.32. The number of terminal acetylenes is 1. The van der Waals surface area contributed by atoms with E-state index in [0.29, 0.717) is 53.5 Å². The van der Waals surface area contributed by atoms with Crippen LogP contribution in [0, 0.1) is 24.0 Å². The maximum Gasteiger partial charge on any atom is 0.319 e. The number of aromatic nitrogens is 3. The summed E-state index contributed by atoms with van der Waals surface area (Å²) < 4.78 is 37.9. The number of rotatable bonds is 7. The standard InChI is InChI=1S/C37H40F2N6O3/c1-6-25-28(38)16-15-23-12-10-14-26(31(23)25)33-32(39)34-27(20-40-33)35(42-36(41-34)48-22-24-13-8-9-18-43(24)4)45-19-11-17-37(3,47)29(21-45)44(5)30(46)7-2/h1,7,10,12,14-16,20,24,29,47H,2,8-9,11,13,17-19,21-22H2,3-5H3/t24-,29?,37?/m0/s1. The van der Waals surface area contributed by atoms with Gasteiger partial charge in [0, 0.05) is 43.3 Å². The molecule has 2 aromatic heterocycles. The van der Waals surface area contributed by atoms with Crippen molar-refractivity contribution in [2.45, 2.75) is 56.7 Å². The second-order valence-electron chi connectivity index (χ2n) is 13.0. The minimum atomic E-state index is -1.20. The van der Waals surface area contributed by atoms with Crippen LogP contribution in [0.3, 0.4) is 0 Å². The highest BCUT2D eigenvalue weighted by atomic mass is 19.1. The summed E-state index contributed by atoms with van der Waals surface area (Å²) in [5, 5.41) is 12.8. The molecule has 0 saturated carbocycles. The first-order valence-electron chi connectivity index (χ1n) is 16.3. The van der Waals surface area contributed by atoms with Crippen molar-refractivity contribution < 1.29 is 23.4 Å². The van der Waals surface area contributed by atoms with Gasteiger partial charge in [-0.25, -0.2) is 8.78 Å². The van der Waals surface area contributed by atoms with Gasteiger partial charge in [0.1, 0.15) is 29.5 Å². The molecule has 1 amide bonds. The van der Waals surface area contributed by atoms with Crippen molar-refractivity contribution in [2.24, 2.45) is 0 Å². The SMILES string of the molecule is C#Cc1c(F)ccc2cccc(-c3ncc4c(N5CCCC(C)(O)C(N(C)C(=O)C=C)C5)nc(OC[C@@H]5CCCCN5C)nc4c3F)c12. The Morgan fingerprint density at radius 1 is 1.23 bits per heavy atom. The molecule has 0 aliphatic carbocycles. The summed E-state index contributed by atoms with van der Waals surface area (Å²) in [6.07, 6.45) is 12.6. The Bertz CT molecular complexity index is 1930. The van der Waals surface area contributed by atoms with E-state index in [-0.39, 0.29) is 41.3 Å². The van der Waals surface area contributed by atoms with Crippen LogP contribution in [0.15, 0.2) is 49.2 Å². The molecule has 2 unspecified atom stereocenters. The lowest BCUT2D eigenvalue weighted by atomic mass is 9.91. The summed E-state index contributed by atoms with van der Waals surface area (Å²) >= 11 is 0. The molecule has 1 N–H and O–H groups in total. The van der Waals surface area contributed by atoms with Gasteiger partial charge in [-0.15, -0.1) is 6.42 Å². The van der Waals surface area contributed by atoms with Gasteiger partial charge < -0.3 is 24.5 Å². The molecule has 11 heteroatoms. The second kappa shape index (κ2) is 13.5. The van der Waals surface area contributed by atoms with Crippen molar-refractivity contribution in [2.75, 3.05) is 45.2 Å². The minimum absolute atomic E-state index is 0.00359. The number of amides is 1. The van der Waals surface area contributed by atoms with Crippen molar-refractivity contribution in [1.29, 1.82) is 0 Å². The monoisotopic (exact) mass is 654 g/mol. The van der Waals surface area contributed by atoms with Gasteiger partial charge in [-0.05, 0) is 63.7 Å². The predicted octanol–water partition coefficient (Wildman–Crippen LogP) is 5.33. The van der Waals surface area contributed by atoms with Gasteiger partial charge in [0.15, 0.2) is 5.82 Å². The highest BCUT2D eigenvalue weighted by Crippen LogP contribution is 2.38. The first kappa shape index (κ1) is 33.2. The first-order chi connectivity index (χ1) is 23.0. The highest BCUT2D eigenvalue weighted by Gasteiger charge is 2.40. The molecular formula is C37H40F2N6O3. The number of aliphatic hydroxyl groups is 1. The number of ether oxygens (including phenoxy) is 1. The van der Waals surface area contributed by atoms with E-state index in [4.69, 9.17) is 16.1 Å². The Morgan fingerprint density at radius 2 is 2.04 bits per heavy atom. The molecule has 0 radical (unpaired) electrons. The van der Waals surface area contributed by atoms with Crippen LogP contribution in [0.25, 0.3) is 32.9 Å². The van der Waals surface area contributed by atoms with Crippen LogP contribution in [-0.2, 0) is 4.79 Å². The molecular weight excluding hydrogens is 614 g/mol. The summed E-state index contributed by atoms with van der Waals surface area (Å²) in [5.41, 5.74) is -0.901. The van der Waals surface area contributed by atoms with E-state index in [0.717, 1.165) is 25.8 Å². The molecule has 2 aliphatic rings. The van der Waals surface area contributed by atoms with E-state index in [1.54, 1.807) is 38.2 Å². The smallest absolute Gasteiger partial charge is 0.319 e. The summed E-state index contributed by atoms with van der Waals surface area (Å²) in [4.78, 5) is 32.3. The third kappa shape index (κ3) is 6.18. The van der Waals surface area contributed by atoms with Gasteiger partial charge in [-0.3, -0.25) is 9.78 Å². The molecule has 0 spiro atoms. The molecule has 4 heterocycles. The molecule has 2 aliphatic heterocycles. The molecule has 0 bridgehead atoms. The average molecular weight is 655 g/mol. The van der Waals surface area contributed by atoms with Crippen LogP contribution in [0.4, 0.5) is 14.6 Å². The van der Waals surface area contributed by atoms with Gasteiger partial charge in [-0.1, -0.05) is 43.2 Å². The lowest BCUT2D eigenvalue weighted by molar-refractivity contribution is -0.132. The van der Waals surface area contributed by atoms with Crippen LogP contribution in [0.5, 0.6) is 6.01 Å². The van der Waals surface area contributed by atoms with E-state index < -0.39 is 23.3 Å². The number of likely N-dealkylation sites (N-methyl/N-ethyl adjacent to an activating group) is 2. The van der Waals surface area contributed by atoms with Crippen molar-refractivity contribution >= 4 is 33.4 Å². The second-order valence-corrected chi connectivity index (χ2v) is 13.0. The number of carbonyl (C=O) groups is 1. The highest BCUT2D eigenvalue weighted by molar-refractivity contribution is 6.02. The molecule has 2 aromatic carbocycles. The quantitative estimate of drug-likeness (QED) is 0.211. The van der Waals surface area contributed by atoms with Gasteiger partial charge >= 0.3 is 6.01 Å². The maximum atomic E-state index is 16.9. The third-order valence-corrected chi connectivity index (χ3v) is 9.88. The summed E-state index contributed by atoms with van der Waals surface area (Å²) in [6, 6.07) is 7.61. The Hall–Kier alpha value is -4.66. The molecule has 4 aromatic rings. The zero-order valence-electron chi connectivity index (χ0n) is 27.5. The normalized spacial score (nSPS) is 21.9. The zero-order chi connectivity index (χ0) is 34.2. The molecule has 2 fully saturated rings. The molecule has 2 saturated heterocycles. The van der Waals surface area contributed by atoms with Gasteiger partial charge in [0.25, 0.3) is 0 Å². The van der Waals surface area contributed by atoms with E-state index in [9.17, 15) is 14.3 Å². The largest absolute Gasteiger partial charge is 0.462 e. The number of benzene rings is 2. The fourth-order valence-corrected chi connectivity index (χ4v) is 7.05. The summed E-state index contributed by atoms with van der Waals surface area (Å²) in [5.74, 6) is 1.15. The lowest BCUT2D eigenvalue weighted by Gasteiger charge is -2.39. The fraction of sp³-hybridized carbons (Fsp3) is 0.405.